The highest BCUT2D eigenvalue weighted by atomic mass is 35.5. The standard InChI is InChI=1S/C11H6Cl2F3NO2/c1-19-10(18)6(4-17)9-7(12)2-5(3-8(9)13)11(14,15)16/h2-3,6H,1H3. The van der Waals surface area contributed by atoms with Gasteiger partial charge in [0.15, 0.2) is 5.92 Å². The van der Waals surface area contributed by atoms with Crippen LogP contribution in [0.15, 0.2) is 12.1 Å². The first-order chi connectivity index (χ1) is 8.72. The van der Waals surface area contributed by atoms with Gasteiger partial charge >= 0.3 is 12.1 Å². The number of carbonyl (C=O) groups is 1. The van der Waals surface area contributed by atoms with Crippen molar-refractivity contribution in [3.05, 3.63) is 33.3 Å². The molecule has 1 unspecified atom stereocenters. The molecular weight excluding hydrogens is 306 g/mol. The number of rotatable bonds is 2. The van der Waals surface area contributed by atoms with Crippen molar-refractivity contribution in [2.24, 2.45) is 0 Å². The fourth-order valence-corrected chi connectivity index (χ4v) is 2.08. The Balaban J connectivity index is 3.40. The third-order valence-corrected chi connectivity index (χ3v) is 2.89. The average Bonchev–Trinajstić information content (AvgIpc) is 2.31. The molecule has 0 saturated heterocycles. The fraction of sp³-hybridized carbons (Fsp3) is 0.273. The van der Waals surface area contributed by atoms with E-state index in [4.69, 9.17) is 28.5 Å². The van der Waals surface area contributed by atoms with Gasteiger partial charge in [0.1, 0.15) is 0 Å². The van der Waals surface area contributed by atoms with Crippen molar-refractivity contribution in [2.75, 3.05) is 7.11 Å². The van der Waals surface area contributed by atoms with Crippen molar-refractivity contribution in [2.45, 2.75) is 12.1 Å². The SMILES string of the molecule is COC(=O)C(C#N)c1c(Cl)cc(C(F)(F)F)cc1Cl. The third-order valence-electron chi connectivity index (χ3n) is 2.26. The summed E-state index contributed by atoms with van der Waals surface area (Å²) >= 11 is 11.3. The van der Waals surface area contributed by atoms with Gasteiger partial charge in [-0.05, 0) is 12.1 Å². The normalized spacial score (nSPS) is 12.7. The van der Waals surface area contributed by atoms with Crippen LogP contribution in [0.4, 0.5) is 13.2 Å². The van der Waals surface area contributed by atoms with Crippen LogP contribution in [-0.2, 0) is 15.7 Å². The summed E-state index contributed by atoms with van der Waals surface area (Å²) in [7, 11) is 1.04. The van der Waals surface area contributed by atoms with Crippen molar-refractivity contribution in [1.29, 1.82) is 5.26 Å². The van der Waals surface area contributed by atoms with Gasteiger partial charge in [-0.25, -0.2) is 0 Å². The number of nitrogens with zero attached hydrogens (tertiary/aromatic N) is 1. The minimum Gasteiger partial charge on any atom is -0.468 e. The van der Waals surface area contributed by atoms with Crippen molar-refractivity contribution in [1.82, 2.24) is 0 Å². The van der Waals surface area contributed by atoms with Crippen LogP contribution in [-0.4, -0.2) is 13.1 Å². The van der Waals surface area contributed by atoms with E-state index in [1.165, 1.54) is 0 Å². The highest BCUT2D eigenvalue weighted by molar-refractivity contribution is 6.36. The number of carbonyl (C=O) groups excluding carboxylic acids is 1. The third kappa shape index (κ3) is 3.31. The second-order valence-corrected chi connectivity index (χ2v) is 4.25. The first-order valence-corrected chi connectivity index (χ1v) is 5.51. The highest BCUT2D eigenvalue weighted by Gasteiger charge is 2.34. The van der Waals surface area contributed by atoms with E-state index >= 15 is 0 Å². The number of hydrogen-bond donors (Lipinski definition) is 0. The first-order valence-electron chi connectivity index (χ1n) is 4.76. The quantitative estimate of drug-likeness (QED) is 0.781. The van der Waals surface area contributed by atoms with Crippen LogP contribution in [0.2, 0.25) is 10.0 Å². The molecule has 0 aromatic heterocycles. The Morgan fingerprint density at radius 1 is 1.37 bits per heavy atom. The second kappa shape index (κ2) is 5.68. The monoisotopic (exact) mass is 311 g/mol. The largest absolute Gasteiger partial charge is 0.468 e. The summed E-state index contributed by atoms with van der Waals surface area (Å²) in [4.78, 5) is 11.3. The lowest BCUT2D eigenvalue weighted by Crippen LogP contribution is -2.14. The van der Waals surface area contributed by atoms with E-state index in [2.05, 4.69) is 4.74 Å². The molecule has 8 heteroatoms. The zero-order valence-corrected chi connectivity index (χ0v) is 10.9. The topological polar surface area (TPSA) is 50.1 Å². The van der Waals surface area contributed by atoms with Crippen molar-refractivity contribution >= 4 is 29.2 Å². The zero-order valence-electron chi connectivity index (χ0n) is 9.39. The van der Waals surface area contributed by atoms with E-state index in [1.807, 2.05) is 0 Å². The van der Waals surface area contributed by atoms with Crippen LogP contribution in [0.1, 0.15) is 17.0 Å². The Labute approximate surface area is 116 Å². The number of hydrogen-bond acceptors (Lipinski definition) is 3. The molecular formula is C11H6Cl2F3NO2. The predicted molar refractivity (Wildman–Crippen MR) is 61.8 cm³/mol. The molecule has 1 rings (SSSR count). The van der Waals surface area contributed by atoms with Gasteiger partial charge in [0.05, 0.1) is 18.7 Å². The lowest BCUT2D eigenvalue weighted by atomic mass is 9.99. The summed E-state index contributed by atoms with van der Waals surface area (Å²) in [6.45, 7) is 0. The average molecular weight is 312 g/mol. The maximum atomic E-state index is 12.5. The zero-order chi connectivity index (χ0) is 14.8. The summed E-state index contributed by atoms with van der Waals surface area (Å²) in [5, 5.41) is 8.03. The smallest absolute Gasteiger partial charge is 0.416 e. The van der Waals surface area contributed by atoms with E-state index in [9.17, 15) is 18.0 Å². The Bertz CT molecular complexity index is 529. The lowest BCUT2D eigenvalue weighted by Gasteiger charge is -2.14. The molecule has 1 atom stereocenters. The fourth-order valence-electron chi connectivity index (χ4n) is 1.38. The van der Waals surface area contributed by atoms with E-state index in [0.717, 1.165) is 7.11 Å². The van der Waals surface area contributed by atoms with Gasteiger partial charge < -0.3 is 4.74 Å². The van der Waals surface area contributed by atoms with Crippen LogP contribution in [0.5, 0.6) is 0 Å². The van der Waals surface area contributed by atoms with Crippen molar-refractivity contribution in [3.8, 4) is 6.07 Å². The highest BCUT2D eigenvalue weighted by Crippen LogP contribution is 2.38. The van der Waals surface area contributed by atoms with E-state index < -0.39 is 33.7 Å². The number of ether oxygens (including phenoxy) is 1. The molecule has 0 heterocycles. The van der Waals surface area contributed by atoms with Crippen LogP contribution >= 0.6 is 23.2 Å². The van der Waals surface area contributed by atoms with Gasteiger partial charge in [-0.2, -0.15) is 18.4 Å². The molecule has 1 aromatic carbocycles. The van der Waals surface area contributed by atoms with E-state index in [0.29, 0.717) is 12.1 Å². The molecule has 0 fully saturated rings. The number of alkyl halides is 3. The number of methoxy groups -OCH3 is 1. The van der Waals surface area contributed by atoms with Gasteiger partial charge in [0.25, 0.3) is 0 Å². The number of nitriles is 1. The van der Waals surface area contributed by atoms with Crippen LogP contribution < -0.4 is 0 Å². The second-order valence-electron chi connectivity index (χ2n) is 3.44. The molecule has 0 aliphatic heterocycles. The maximum Gasteiger partial charge on any atom is 0.416 e. The minimum absolute atomic E-state index is 0.203. The molecule has 0 aliphatic rings. The van der Waals surface area contributed by atoms with Gasteiger partial charge in [0.2, 0.25) is 0 Å². The molecule has 0 bridgehead atoms. The first kappa shape index (κ1) is 15.6. The Kier molecular flexibility index (Phi) is 4.66. The Morgan fingerprint density at radius 2 is 1.84 bits per heavy atom. The molecule has 3 nitrogen and oxygen atoms in total. The summed E-state index contributed by atoms with van der Waals surface area (Å²) in [6.07, 6.45) is -4.63. The molecule has 0 amide bonds. The van der Waals surface area contributed by atoms with E-state index in [-0.39, 0.29) is 5.56 Å². The minimum atomic E-state index is -4.63. The predicted octanol–water partition coefficient (Wildman–Crippen LogP) is 3.79. The number of halogens is 5. The van der Waals surface area contributed by atoms with Crippen LogP contribution in [0, 0.1) is 11.3 Å². The Hall–Kier alpha value is -1.45. The molecule has 0 saturated carbocycles. The van der Waals surface area contributed by atoms with Crippen LogP contribution in [0.25, 0.3) is 0 Å². The summed E-state index contributed by atoms with van der Waals surface area (Å²) < 4.78 is 41.9. The molecule has 0 N–H and O–H groups in total. The summed E-state index contributed by atoms with van der Waals surface area (Å²) in [5.41, 5.74) is -1.27. The molecule has 0 spiro atoms. The number of esters is 1. The lowest BCUT2D eigenvalue weighted by molar-refractivity contribution is -0.141. The molecule has 0 radical (unpaired) electrons. The summed E-state index contributed by atoms with van der Waals surface area (Å²) in [5.74, 6) is -2.43. The Morgan fingerprint density at radius 3 is 2.16 bits per heavy atom. The molecule has 19 heavy (non-hydrogen) atoms. The van der Waals surface area contributed by atoms with Gasteiger partial charge in [-0.15, -0.1) is 0 Å². The van der Waals surface area contributed by atoms with Crippen molar-refractivity contribution < 1.29 is 22.7 Å². The maximum absolute atomic E-state index is 12.5. The molecule has 1 aromatic rings. The number of benzene rings is 1. The van der Waals surface area contributed by atoms with Gasteiger partial charge in [-0.1, -0.05) is 23.2 Å². The van der Waals surface area contributed by atoms with Crippen LogP contribution in [0.3, 0.4) is 0 Å². The van der Waals surface area contributed by atoms with E-state index in [1.54, 1.807) is 6.07 Å². The molecule has 102 valence electrons. The van der Waals surface area contributed by atoms with Gasteiger partial charge in [0, 0.05) is 15.6 Å². The van der Waals surface area contributed by atoms with Gasteiger partial charge in [-0.3, -0.25) is 4.79 Å². The molecule has 0 aliphatic carbocycles. The van der Waals surface area contributed by atoms with Crippen molar-refractivity contribution in [3.63, 3.8) is 0 Å². The summed E-state index contributed by atoms with van der Waals surface area (Å²) in [6, 6.07) is 2.80.